The molecule has 0 aromatic heterocycles. The van der Waals surface area contributed by atoms with E-state index in [0.29, 0.717) is 11.0 Å². The van der Waals surface area contributed by atoms with Crippen molar-refractivity contribution in [1.82, 2.24) is 4.90 Å². The van der Waals surface area contributed by atoms with Gasteiger partial charge in [0.25, 0.3) is 0 Å². The van der Waals surface area contributed by atoms with E-state index in [-0.39, 0.29) is 0 Å². The highest BCUT2D eigenvalue weighted by molar-refractivity contribution is 5.02. The van der Waals surface area contributed by atoms with Crippen LogP contribution in [0.4, 0.5) is 0 Å². The third kappa shape index (κ3) is 2.16. The summed E-state index contributed by atoms with van der Waals surface area (Å²) in [6.07, 6.45) is 7.39. The van der Waals surface area contributed by atoms with Crippen LogP contribution in [0.2, 0.25) is 0 Å². The molecule has 1 saturated carbocycles. The van der Waals surface area contributed by atoms with Gasteiger partial charge in [-0.2, -0.15) is 0 Å². The summed E-state index contributed by atoms with van der Waals surface area (Å²) >= 11 is 0. The van der Waals surface area contributed by atoms with E-state index in [1.54, 1.807) is 0 Å². The van der Waals surface area contributed by atoms with Gasteiger partial charge in [-0.3, -0.25) is 4.90 Å². The molecular weight excluding hydrogens is 194 g/mol. The fourth-order valence-corrected chi connectivity index (χ4v) is 3.91. The molecule has 0 bridgehead atoms. The number of nitrogens with zero attached hydrogens (tertiary/aromatic N) is 1. The van der Waals surface area contributed by atoms with Crippen LogP contribution in [0.1, 0.15) is 66.7 Å². The molecule has 0 N–H and O–H groups in total. The van der Waals surface area contributed by atoms with E-state index in [0.717, 1.165) is 12.0 Å². The Balaban J connectivity index is 2.17. The molecule has 2 aliphatic rings. The minimum absolute atomic E-state index is 0.348. The Hall–Kier alpha value is -0.0400. The van der Waals surface area contributed by atoms with E-state index in [1.807, 2.05) is 0 Å². The zero-order valence-corrected chi connectivity index (χ0v) is 11.8. The van der Waals surface area contributed by atoms with Crippen molar-refractivity contribution in [2.75, 3.05) is 6.54 Å². The maximum absolute atomic E-state index is 2.79. The molecule has 1 nitrogen and oxygen atoms in total. The van der Waals surface area contributed by atoms with Gasteiger partial charge in [0.05, 0.1) is 0 Å². The van der Waals surface area contributed by atoms with Gasteiger partial charge in [-0.25, -0.2) is 0 Å². The Morgan fingerprint density at radius 1 is 1.12 bits per heavy atom. The molecule has 1 spiro atoms. The Morgan fingerprint density at radius 3 is 2.06 bits per heavy atom. The van der Waals surface area contributed by atoms with E-state index in [9.17, 15) is 0 Å². The topological polar surface area (TPSA) is 3.24 Å². The minimum Gasteiger partial charge on any atom is -0.295 e. The third-order valence-corrected chi connectivity index (χ3v) is 4.84. The van der Waals surface area contributed by atoms with E-state index in [4.69, 9.17) is 0 Å². The van der Waals surface area contributed by atoms with Gasteiger partial charge in [-0.15, -0.1) is 0 Å². The smallest absolute Gasteiger partial charge is 0.0129 e. The average molecular weight is 223 g/mol. The molecular formula is C15H29N. The average Bonchev–Trinajstić information content (AvgIpc) is 2.73. The maximum atomic E-state index is 2.79. The van der Waals surface area contributed by atoms with Crippen molar-refractivity contribution >= 4 is 0 Å². The fraction of sp³-hybridized carbons (Fsp3) is 1.00. The standard InChI is InChI=1S/C15H29N/c1-12(2)13-10-15(8-6-7-9-15)11-16(13)14(3,4)5/h12-13H,6-11H2,1-5H3. The van der Waals surface area contributed by atoms with Gasteiger partial charge in [0, 0.05) is 18.1 Å². The van der Waals surface area contributed by atoms with Crippen LogP contribution in [0, 0.1) is 11.3 Å². The summed E-state index contributed by atoms with van der Waals surface area (Å²) < 4.78 is 0. The van der Waals surface area contributed by atoms with E-state index >= 15 is 0 Å². The SMILES string of the molecule is CC(C)C1CC2(CCCC2)CN1C(C)(C)C. The lowest BCUT2D eigenvalue weighted by atomic mass is 9.82. The van der Waals surface area contributed by atoms with Gasteiger partial charge in [0.1, 0.15) is 0 Å². The second kappa shape index (κ2) is 4.01. The zero-order chi connectivity index (χ0) is 12.0. The number of hydrogen-bond acceptors (Lipinski definition) is 1. The predicted octanol–water partition coefficient (Wildman–Crippen LogP) is 4.08. The monoisotopic (exact) mass is 223 g/mol. The van der Waals surface area contributed by atoms with Crippen LogP contribution in [0.25, 0.3) is 0 Å². The molecule has 1 unspecified atom stereocenters. The van der Waals surface area contributed by atoms with Crippen LogP contribution in [0.5, 0.6) is 0 Å². The highest BCUT2D eigenvalue weighted by Gasteiger charge is 2.48. The molecule has 1 aliphatic heterocycles. The second-order valence-electron chi connectivity index (χ2n) is 7.52. The molecule has 0 radical (unpaired) electrons. The first-order chi connectivity index (χ1) is 7.34. The van der Waals surface area contributed by atoms with Gasteiger partial charge < -0.3 is 0 Å². The summed E-state index contributed by atoms with van der Waals surface area (Å²) in [7, 11) is 0. The van der Waals surface area contributed by atoms with Crippen LogP contribution < -0.4 is 0 Å². The van der Waals surface area contributed by atoms with E-state index < -0.39 is 0 Å². The fourth-order valence-electron chi connectivity index (χ4n) is 3.91. The molecule has 0 amide bonds. The maximum Gasteiger partial charge on any atom is 0.0129 e. The molecule has 0 aromatic rings. The lowest BCUT2D eigenvalue weighted by Crippen LogP contribution is -2.47. The first-order valence-corrected chi connectivity index (χ1v) is 7.11. The molecule has 0 aromatic carbocycles. The van der Waals surface area contributed by atoms with Crippen molar-refractivity contribution in [3.05, 3.63) is 0 Å². The molecule has 1 heterocycles. The molecule has 1 heteroatoms. The number of hydrogen-bond donors (Lipinski definition) is 0. The zero-order valence-electron chi connectivity index (χ0n) is 11.8. The largest absolute Gasteiger partial charge is 0.295 e. The Bertz CT molecular complexity index is 243. The summed E-state index contributed by atoms with van der Waals surface area (Å²) in [5.74, 6) is 0.805. The van der Waals surface area contributed by atoms with Crippen molar-refractivity contribution in [2.45, 2.75) is 78.3 Å². The van der Waals surface area contributed by atoms with Crippen molar-refractivity contribution in [3.63, 3.8) is 0 Å². The van der Waals surface area contributed by atoms with Crippen LogP contribution in [0.3, 0.4) is 0 Å². The van der Waals surface area contributed by atoms with Gasteiger partial charge in [0.15, 0.2) is 0 Å². The van der Waals surface area contributed by atoms with Gasteiger partial charge in [-0.1, -0.05) is 26.7 Å². The number of likely N-dealkylation sites (tertiary alicyclic amines) is 1. The summed E-state index contributed by atoms with van der Waals surface area (Å²) in [5, 5.41) is 0. The minimum atomic E-state index is 0.348. The lowest BCUT2D eigenvalue weighted by Gasteiger charge is -2.39. The van der Waals surface area contributed by atoms with E-state index in [2.05, 4.69) is 39.5 Å². The number of rotatable bonds is 1. The molecule has 94 valence electrons. The highest BCUT2D eigenvalue weighted by atomic mass is 15.2. The summed E-state index contributed by atoms with van der Waals surface area (Å²) in [4.78, 5) is 2.79. The van der Waals surface area contributed by atoms with Gasteiger partial charge in [-0.05, 0) is 51.4 Å². The first-order valence-electron chi connectivity index (χ1n) is 7.11. The van der Waals surface area contributed by atoms with Gasteiger partial charge >= 0.3 is 0 Å². The van der Waals surface area contributed by atoms with Crippen molar-refractivity contribution in [1.29, 1.82) is 0 Å². The molecule has 1 atom stereocenters. The van der Waals surface area contributed by atoms with Crippen molar-refractivity contribution < 1.29 is 0 Å². The second-order valence-corrected chi connectivity index (χ2v) is 7.52. The molecule has 2 fully saturated rings. The van der Waals surface area contributed by atoms with Crippen LogP contribution >= 0.6 is 0 Å². The highest BCUT2D eigenvalue weighted by Crippen LogP contribution is 2.50. The normalized spacial score (nSPS) is 30.8. The molecule has 2 rings (SSSR count). The summed E-state index contributed by atoms with van der Waals surface area (Å²) in [5.41, 5.74) is 1.04. The van der Waals surface area contributed by atoms with Crippen LogP contribution in [-0.2, 0) is 0 Å². The first kappa shape index (κ1) is 12.4. The predicted molar refractivity (Wildman–Crippen MR) is 70.6 cm³/mol. The van der Waals surface area contributed by atoms with E-state index in [1.165, 1.54) is 38.6 Å². The summed E-state index contributed by atoms with van der Waals surface area (Å²) in [6.45, 7) is 13.3. The third-order valence-electron chi connectivity index (χ3n) is 4.84. The lowest BCUT2D eigenvalue weighted by molar-refractivity contribution is 0.0894. The quantitative estimate of drug-likeness (QED) is 0.647. The van der Waals surface area contributed by atoms with Crippen LogP contribution in [0.15, 0.2) is 0 Å². The molecule has 1 aliphatic carbocycles. The Kier molecular flexibility index (Phi) is 3.11. The molecule has 1 saturated heterocycles. The van der Waals surface area contributed by atoms with Crippen molar-refractivity contribution in [2.24, 2.45) is 11.3 Å². The van der Waals surface area contributed by atoms with Crippen LogP contribution in [-0.4, -0.2) is 23.0 Å². The van der Waals surface area contributed by atoms with Gasteiger partial charge in [0.2, 0.25) is 0 Å². The summed E-state index contributed by atoms with van der Waals surface area (Å²) in [6, 6.07) is 0.818. The Morgan fingerprint density at radius 2 is 1.69 bits per heavy atom. The molecule has 16 heavy (non-hydrogen) atoms. The Labute approximate surface area is 102 Å². The van der Waals surface area contributed by atoms with Crippen molar-refractivity contribution in [3.8, 4) is 0 Å².